The van der Waals surface area contributed by atoms with E-state index in [9.17, 15) is 18.3 Å². The third-order valence-electron chi connectivity index (χ3n) is 5.76. The van der Waals surface area contributed by atoms with Crippen LogP contribution in [0.4, 0.5) is 13.2 Å². The van der Waals surface area contributed by atoms with E-state index in [1.807, 2.05) is 30.3 Å². The largest absolute Gasteiger partial charge is 0.433 e. The van der Waals surface area contributed by atoms with Gasteiger partial charge in [-0.15, -0.1) is 0 Å². The summed E-state index contributed by atoms with van der Waals surface area (Å²) < 4.78 is 40.5. The molecule has 32 heavy (non-hydrogen) atoms. The molecule has 3 heterocycles. The van der Waals surface area contributed by atoms with Crippen molar-refractivity contribution in [3.8, 4) is 17.2 Å². The Morgan fingerprint density at radius 1 is 1.09 bits per heavy atom. The van der Waals surface area contributed by atoms with Crippen molar-refractivity contribution in [3.63, 3.8) is 0 Å². The standard InChI is InChI=1S/C22H19F3N6O/c23-22(24,25)19-6-7-27-21(30-19)31-18-10-12(4-5-13(18)11-28-31)16-2-1-3-17(29-16)20(26)14-8-15(32)9-14/h1-7,10-11,14-15,20,32H,8-9,26H2. The predicted octanol–water partition coefficient (Wildman–Crippen LogP) is 3.67. The molecule has 0 amide bonds. The van der Waals surface area contributed by atoms with Gasteiger partial charge < -0.3 is 10.8 Å². The van der Waals surface area contributed by atoms with Gasteiger partial charge in [0.15, 0.2) is 0 Å². The first-order valence-electron chi connectivity index (χ1n) is 10.1. The van der Waals surface area contributed by atoms with Crippen LogP contribution in [0.2, 0.25) is 0 Å². The highest BCUT2D eigenvalue weighted by Crippen LogP contribution is 2.36. The Kier molecular flexibility index (Phi) is 4.90. The molecule has 1 atom stereocenters. The molecule has 0 aliphatic heterocycles. The third-order valence-corrected chi connectivity index (χ3v) is 5.76. The van der Waals surface area contributed by atoms with Crippen molar-refractivity contribution in [2.45, 2.75) is 31.2 Å². The fourth-order valence-electron chi connectivity index (χ4n) is 3.91. The molecule has 1 aliphatic rings. The second-order valence-electron chi connectivity index (χ2n) is 7.93. The first-order valence-corrected chi connectivity index (χ1v) is 10.1. The van der Waals surface area contributed by atoms with Gasteiger partial charge in [-0.1, -0.05) is 18.2 Å². The van der Waals surface area contributed by atoms with E-state index in [1.165, 1.54) is 4.68 Å². The van der Waals surface area contributed by atoms with Crippen LogP contribution in [-0.4, -0.2) is 35.9 Å². The Balaban J connectivity index is 1.52. The number of nitrogens with zero attached hydrogens (tertiary/aromatic N) is 5. The highest BCUT2D eigenvalue weighted by atomic mass is 19.4. The molecule has 3 N–H and O–H groups in total. The number of hydrogen-bond donors (Lipinski definition) is 2. The van der Waals surface area contributed by atoms with E-state index in [0.29, 0.717) is 24.1 Å². The van der Waals surface area contributed by atoms with Crippen molar-refractivity contribution in [2.24, 2.45) is 11.7 Å². The van der Waals surface area contributed by atoms with Crippen molar-refractivity contribution in [1.82, 2.24) is 24.7 Å². The summed E-state index contributed by atoms with van der Waals surface area (Å²) in [7, 11) is 0. The van der Waals surface area contributed by atoms with Crippen LogP contribution in [0.1, 0.15) is 30.3 Å². The van der Waals surface area contributed by atoms with E-state index < -0.39 is 11.9 Å². The lowest BCUT2D eigenvalue weighted by Crippen LogP contribution is -2.36. The summed E-state index contributed by atoms with van der Waals surface area (Å²) in [4.78, 5) is 12.3. The van der Waals surface area contributed by atoms with Gasteiger partial charge in [0, 0.05) is 17.1 Å². The minimum atomic E-state index is -4.58. The average Bonchev–Trinajstić information content (AvgIpc) is 3.19. The molecule has 0 spiro atoms. The van der Waals surface area contributed by atoms with Gasteiger partial charge in [0.1, 0.15) is 5.69 Å². The highest BCUT2D eigenvalue weighted by molar-refractivity contribution is 5.84. The number of alkyl halides is 3. The van der Waals surface area contributed by atoms with Gasteiger partial charge in [0.05, 0.1) is 35.2 Å². The maximum atomic E-state index is 13.1. The summed E-state index contributed by atoms with van der Waals surface area (Å²) in [6.07, 6.45) is -0.943. The lowest BCUT2D eigenvalue weighted by molar-refractivity contribution is -0.141. The number of pyridine rings is 1. The molecule has 3 aromatic heterocycles. The van der Waals surface area contributed by atoms with Crippen LogP contribution < -0.4 is 5.73 Å². The van der Waals surface area contributed by atoms with Crippen LogP contribution in [-0.2, 0) is 6.18 Å². The highest BCUT2D eigenvalue weighted by Gasteiger charge is 2.34. The number of hydrogen-bond acceptors (Lipinski definition) is 6. The molecule has 1 unspecified atom stereocenters. The molecule has 4 aromatic rings. The van der Waals surface area contributed by atoms with Gasteiger partial charge >= 0.3 is 6.18 Å². The number of aromatic nitrogens is 5. The third kappa shape index (κ3) is 3.71. The maximum absolute atomic E-state index is 13.1. The molecule has 0 radical (unpaired) electrons. The number of aliphatic hydroxyl groups is 1. The molecule has 5 rings (SSSR count). The SMILES string of the molecule is NC(c1cccc(-c2ccc3cnn(-c4nccc(C(F)(F)F)n4)c3c2)n1)C1CC(O)C1. The molecule has 1 aromatic carbocycles. The fraction of sp³-hybridized carbons (Fsp3) is 0.273. The van der Waals surface area contributed by atoms with E-state index >= 15 is 0 Å². The average molecular weight is 440 g/mol. The van der Waals surface area contributed by atoms with E-state index in [2.05, 4.69) is 15.1 Å². The summed E-state index contributed by atoms with van der Waals surface area (Å²) in [6, 6.07) is 11.6. The van der Waals surface area contributed by atoms with Crippen molar-refractivity contribution in [2.75, 3.05) is 0 Å². The maximum Gasteiger partial charge on any atom is 0.433 e. The zero-order valence-electron chi connectivity index (χ0n) is 16.7. The molecular weight excluding hydrogens is 421 g/mol. The smallest absolute Gasteiger partial charge is 0.393 e. The van der Waals surface area contributed by atoms with Crippen molar-refractivity contribution in [3.05, 3.63) is 66.2 Å². The van der Waals surface area contributed by atoms with E-state index in [-0.39, 0.29) is 24.0 Å². The van der Waals surface area contributed by atoms with Crippen molar-refractivity contribution >= 4 is 10.9 Å². The van der Waals surface area contributed by atoms with Crippen LogP contribution in [0.25, 0.3) is 28.1 Å². The zero-order valence-corrected chi connectivity index (χ0v) is 16.7. The monoisotopic (exact) mass is 440 g/mol. The Morgan fingerprint density at radius 3 is 2.66 bits per heavy atom. The van der Waals surface area contributed by atoms with Gasteiger partial charge in [-0.05, 0) is 43.0 Å². The van der Waals surface area contributed by atoms with Crippen molar-refractivity contribution in [1.29, 1.82) is 0 Å². The van der Waals surface area contributed by atoms with Gasteiger partial charge in [-0.3, -0.25) is 4.98 Å². The van der Waals surface area contributed by atoms with Crippen LogP contribution in [0.15, 0.2) is 54.9 Å². The summed E-state index contributed by atoms with van der Waals surface area (Å²) in [6.45, 7) is 0. The number of fused-ring (bicyclic) bond motifs is 1. The Hall–Kier alpha value is -3.37. The predicted molar refractivity (Wildman–Crippen MR) is 111 cm³/mol. The Bertz CT molecular complexity index is 1280. The number of halogens is 3. The fourth-order valence-corrected chi connectivity index (χ4v) is 3.91. The van der Waals surface area contributed by atoms with E-state index in [0.717, 1.165) is 28.9 Å². The summed E-state index contributed by atoms with van der Waals surface area (Å²) >= 11 is 0. The minimum absolute atomic E-state index is 0.167. The van der Waals surface area contributed by atoms with Crippen LogP contribution in [0.5, 0.6) is 0 Å². The molecule has 164 valence electrons. The number of benzene rings is 1. The number of nitrogens with two attached hydrogens (primary N) is 1. The molecule has 7 nitrogen and oxygen atoms in total. The normalized spacial score (nSPS) is 19.7. The molecule has 0 saturated heterocycles. The Labute approximate surface area is 180 Å². The van der Waals surface area contributed by atoms with Gasteiger partial charge in [-0.25, -0.2) is 9.97 Å². The van der Waals surface area contributed by atoms with Gasteiger partial charge in [0.2, 0.25) is 0 Å². The zero-order chi connectivity index (χ0) is 22.5. The molecule has 1 fully saturated rings. The summed E-state index contributed by atoms with van der Waals surface area (Å²) in [5.74, 6) is 0.0222. The summed E-state index contributed by atoms with van der Waals surface area (Å²) in [5, 5.41) is 14.5. The Morgan fingerprint density at radius 2 is 1.91 bits per heavy atom. The molecule has 0 bridgehead atoms. The van der Waals surface area contributed by atoms with Crippen LogP contribution >= 0.6 is 0 Å². The second-order valence-corrected chi connectivity index (χ2v) is 7.93. The molecule has 1 aliphatic carbocycles. The second kappa shape index (κ2) is 7.64. The molecular formula is C22H19F3N6O. The minimum Gasteiger partial charge on any atom is -0.393 e. The van der Waals surface area contributed by atoms with Crippen LogP contribution in [0, 0.1) is 5.92 Å². The summed E-state index contributed by atoms with van der Waals surface area (Å²) in [5.41, 5.74) is 8.02. The number of rotatable bonds is 4. The molecule has 10 heteroatoms. The van der Waals surface area contributed by atoms with Gasteiger partial charge in [-0.2, -0.15) is 23.0 Å². The van der Waals surface area contributed by atoms with Crippen LogP contribution in [0.3, 0.4) is 0 Å². The quantitative estimate of drug-likeness (QED) is 0.502. The topological polar surface area (TPSA) is 103 Å². The molecule has 1 saturated carbocycles. The first kappa shape index (κ1) is 20.5. The van der Waals surface area contributed by atoms with Crippen molar-refractivity contribution < 1.29 is 18.3 Å². The lowest BCUT2D eigenvalue weighted by Gasteiger charge is -2.35. The first-order chi connectivity index (χ1) is 15.3. The van der Waals surface area contributed by atoms with Gasteiger partial charge in [0.25, 0.3) is 5.95 Å². The van der Waals surface area contributed by atoms with E-state index in [1.54, 1.807) is 12.3 Å². The number of aliphatic hydroxyl groups excluding tert-OH is 1. The van der Waals surface area contributed by atoms with E-state index in [4.69, 9.17) is 10.7 Å². The lowest BCUT2D eigenvalue weighted by atomic mass is 9.76.